The number of aryl methyl sites for hydroxylation is 2. The third-order valence-electron chi connectivity index (χ3n) is 3.61. The van der Waals surface area contributed by atoms with Gasteiger partial charge in [-0.05, 0) is 62.7 Å². The molecule has 0 spiro atoms. The van der Waals surface area contributed by atoms with E-state index in [1.807, 2.05) is 32.0 Å². The van der Waals surface area contributed by atoms with E-state index in [9.17, 15) is 5.11 Å². The molecular formula is C19H19O3+. The zero-order valence-corrected chi connectivity index (χ0v) is 13.0. The van der Waals surface area contributed by atoms with Crippen molar-refractivity contribution in [1.82, 2.24) is 0 Å². The number of hydrogen-bond acceptors (Lipinski definition) is 2. The van der Waals surface area contributed by atoms with Crippen LogP contribution in [0, 0.1) is 13.8 Å². The van der Waals surface area contributed by atoms with Crippen LogP contribution < -0.4 is 4.74 Å². The van der Waals surface area contributed by atoms with Crippen molar-refractivity contribution in [1.29, 1.82) is 0 Å². The number of ether oxygens (including phenoxy) is 1. The highest BCUT2D eigenvalue weighted by molar-refractivity contribution is 5.88. The van der Waals surface area contributed by atoms with Crippen molar-refractivity contribution in [3.63, 3.8) is 0 Å². The van der Waals surface area contributed by atoms with E-state index in [0.29, 0.717) is 6.61 Å². The number of hydrogen-bond donors (Lipinski definition) is 1. The average Bonchev–Trinajstić information content (AvgIpc) is 2.49. The Morgan fingerprint density at radius 3 is 2.45 bits per heavy atom. The SMILES string of the molecule is CCOc1cc(-c2ccc(O)cc2)[o+]c2c(C)cc(C)cc12. The van der Waals surface area contributed by atoms with Crippen molar-refractivity contribution in [2.75, 3.05) is 6.61 Å². The predicted octanol–water partition coefficient (Wildman–Crippen LogP) is 5.10. The van der Waals surface area contributed by atoms with E-state index in [2.05, 4.69) is 19.1 Å². The van der Waals surface area contributed by atoms with Gasteiger partial charge in [0.1, 0.15) is 16.9 Å². The first-order valence-electron chi connectivity index (χ1n) is 7.39. The largest absolute Gasteiger partial charge is 0.508 e. The summed E-state index contributed by atoms with van der Waals surface area (Å²) in [6.07, 6.45) is 0. The van der Waals surface area contributed by atoms with Crippen LogP contribution >= 0.6 is 0 Å². The molecule has 0 aliphatic carbocycles. The molecule has 1 heterocycles. The molecule has 0 aliphatic rings. The zero-order chi connectivity index (χ0) is 15.7. The minimum absolute atomic E-state index is 0.237. The van der Waals surface area contributed by atoms with Gasteiger partial charge in [0.2, 0.25) is 0 Å². The molecule has 1 aromatic heterocycles. The van der Waals surface area contributed by atoms with Crippen LogP contribution in [0.15, 0.2) is 46.9 Å². The molecule has 0 aliphatic heterocycles. The predicted molar refractivity (Wildman–Crippen MR) is 88.4 cm³/mol. The van der Waals surface area contributed by atoms with E-state index in [-0.39, 0.29) is 5.75 Å². The van der Waals surface area contributed by atoms with Crippen LogP contribution in [0.25, 0.3) is 22.3 Å². The molecule has 3 heteroatoms. The molecule has 0 amide bonds. The number of rotatable bonds is 3. The van der Waals surface area contributed by atoms with Crippen LogP contribution in [0.5, 0.6) is 11.5 Å². The maximum atomic E-state index is 9.43. The zero-order valence-electron chi connectivity index (χ0n) is 13.0. The average molecular weight is 295 g/mol. The standard InChI is InChI=1S/C19H18O3/c1-4-21-18-11-17(14-5-7-15(20)8-6-14)22-19-13(3)9-12(2)10-16(18)19/h5-11H,4H2,1-3H3/p+1. The molecule has 0 bridgehead atoms. The monoisotopic (exact) mass is 295 g/mol. The van der Waals surface area contributed by atoms with E-state index in [1.165, 1.54) is 5.56 Å². The molecule has 0 fully saturated rings. The van der Waals surface area contributed by atoms with Gasteiger partial charge in [0, 0.05) is 0 Å². The molecule has 22 heavy (non-hydrogen) atoms. The minimum atomic E-state index is 0.237. The van der Waals surface area contributed by atoms with Gasteiger partial charge in [-0.25, -0.2) is 4.42 Å². The summed E-state index contributed by atoms with van der Waals surface area (Å²) in [4.78, 5) is 0. The summed E-state index contributed by atoms with van der Waals surface area (Å²) in [6, 6.07) is 13.1. The quantitative estimate of drug-likeness (QED) is 0.683. The molecular weight excluding hydrogens is 276 g/mol. The van der Waals surface area contributed by atoms with Crippen LogP contribution in [-0.2, 0) is 0 Å². The smallest absolute Gasteiger partial charge is 0.367 e. The van der Waals surface area contributed by atoms with E-state index >= 15 is 0 Å². The lowest BCUT2D eigenvalue weighted by atomic mass is 10.1. The van der Waals surface area contributed by atoms with Gasteiger partial charge in [0.15, 0.2) is 0 Å². The first-order valence-corrected chi connectivity index (χ1v) is 7.39. The summed E-state index contributed by atoms with van der Waals surface area (Å²) in [5.74, 6) is 1.78. The van der Waals surface area contributed by atoms with E-state index in [4.69, 9.17) is 9.15 Å². The molecule has 0 radical (unpaired) electrons. The third kappa shape index (κ3) is 2.62. The topological polar surface area (TPSA) is 40.8 Å². The van der Waals surface area contributed by atoms with Gasteiger partial charge in [-0.15, -0.1) is 0 Å². The van der Waals surface area contributed by atoms with E-state index < -0.39 is 0 Å². The Morgan fingerprint density at radius 1 is 1.05 bits per heavy atom. The number of aromatic hydroxyl groups is 1. The molecule has 112 valence electrons. The number of phenolic OH excluding ortho intramolecular Hbond substituents is 1. The van der Waals surface area contributed by atoms with Crippen molar-refractivity contribution < 1.29 is 14.3 Å². The molecule has 3 nitrogen and oxygen atoms in total. The number of fused-ring (bicyclic) bond motifs is 1. The van der Waals surface area contributed by atoms with Gasteiger partial charge in [0.05, 0.1) is 23.8 Å². The summed E-state index contributed by atoms with van der Waals surface area (Å²) in [5.41, 5.74) is 4.00. The highest BCUT2D eigenvalue weighted by Crippen LogP contribution is 2.35. The first kappa shape index (κ1) is 14.4. The summed E-state index contributed by atoms with van der Waals surface area (Å²) < 4.78 is 11.9. The molecule has 2 aromatic carbocycles. The van der Waals surface area contributed by atoms with Crippen molar-refractivity contribution >= 4 is 11.0 Å². The molecule has 0 atom stereocenters. The summed E-state index contributed by atoms with van der Waals surface area (Å²) in [5, 5.41) is 10.4. The van der Waals surface area contributed by atoms with Crippen molar-refractivity contribution in [2.24, 2.45) is 0 Å². The van der Waals surface area contributed by atoms with Crippen molar-refractivity contribution in [2.45, 2.75) is 20.8 Å². The number of phenols is 1. The Morgan fingerprint density at radius 2 is 1.77 bits per heavy atom. The normalized spacial score (nSPS) is 10.9. The van der Waals surface area contributed by atoms with E-state index in [1.54, 1.807) is 12.1 Å². The number of benzene rings is 2. The Balaban J connectivity index is 2.26. The Kier molecular flexibility index (Phi) is 3.72. The van der Waals surface area contributed by atoms with E-state index in [0.717, 1.165) is 33.6 Å². The lowest BCUT2D eigenvalue weighted by molar-refractivity contribution is 0.342. The molecule has 0 saturated carbocycles. The molecule has 0 unspecified atom stereocenters. The second kappa shape index (κ2) is 5.68. The van der Waals surface area contributed by atoms with Crippen LogP contribution in [0.1, 0.15) is 18.1 Å². The van der Waals surface area contributed by atoms with Gasteiger partial charge in [0.25, 0.3) is 0 Å². The van der Waals surface area contributed by atoms with Crippen LogP contribution in [0.2, 0.25) is 0 Å². The van der Waals surface area contributed by atoms with Gasteiger partial charge < -0.3 is 9.84 Å². The van der Waals surface area contributed by atoms with Crippen LogP contribution in [-0.4, -0.2) is 11.7 Å². The second-order valence-electron chi connectivity index (χ2n) is 5.41. The highest BCUT2D eigenvalue weighted by atomic mass is 16.5. The third-order valence-corrected chi connectivity index (χ3v) is 3.61. The molecule has 1 N–H and O–H groups in total. The highest BCUT2D eigenvalue weighted by Gasteiger charge is 2.22. The lowest BCUT2D eigenvalue weighted by Crippen LogP contribution is -1.95. The maximum absolute atomic E-state index is 9.43. The minimum Gasteiger partial charge on any atom is -0.508 e. The first-order chi connectivity index (χ1) is 10.6. The summed E-state index contributed by atoms with van der Waals surface area (Å²) >= 11 is 0. The van der Waals surface area contributed by atoms with Crippen LogP contribution in [0.4, 0.5) is 0 Å². The molecule has 0 saturated heterocycles. The lowest BCUT2D eigenvalue weighted by Gasteiger charge is -2.06. The fourth-order valence-corrected chi connectivity index (χ4v) is 2.65. The van der Waals surface area contributed by atoms with Gasteiger partial charge in [-0.2, -0.15) is 0 Å². The van der Waals surface area contributed by atoms with Gasteiger partial charge in [-0.3, -0.25) is 0 Å². The molecule has 3 aromatic rings. The fraction of sp³-hybridized carbons (Fsp3) is 0.211. The van der Waals surface area contributed by atoms with Crippen molar-refractivity contribution in [3.8, 4) is 22.8 Å². The summed E-state index contributed by atoms with van der Waals surface area (Å²) in [7, 11) is 0. The van der Waals surface area contributed by atoms with Gasteiger partial charge >= 0.3 is 11.3 Å². The Hall–Kier alpha value is -2.55. The van der Waals surface area contributed by atoms with Crippen molar-refractivity contribution in [3.05, 3.63) is 53.6 Å². The van der Waals surface area contributed by atoms with Crippen LogP contribution in [0.3, 0.4) is 0 Å². The maximum Gasteiger partial charge on any atom is 0.367 e. The summed E-state index contributed by atoms with van der Waals surface area (Å²) in [6.45, 7) is 6.67. The second-order valence-corrected chi connectivity index (χ2v) is 5.41. The Labute approximate surface area is 129 Å². The van der Waals surface area contributed by atoms with Gasteiger partial charge in [-0.1, -0.05) is 0 Å². The fourth-order valence-electron chi connectivity index (χ4n) is 2.65. The molecule has 3 rings (SSSR count). The Bertz CT molecular complexity index is 820.